The van der Waals surface area contributed by atoms with Crippen molar-refractivity contribution in [3.8, 4) is 0 Å². The van der Waals surface area contributed by atoms with E-state index < -0.39 is 0 Å². The third-order valence-electron chi connectivity index (χ3n) is 3.01. The van der Waals surface area contributed by atoms with Crippen molar-refractivity contribution in [3.63, 3.8) is 0 Å². The molecule has 1 aliphatic rings. The fourth-order valence-electron chi connectivity index (χ4n) is 2.26. The average molecular weight is 248 g/mol. The number of aryl methyl sites for hydroxylation is 2. The number of ether oxygens (including phenoxy) is 1. The molecule has 0 radical (unpaired) electrons. The van der Waals surface area contributed by atoms with E-state index >= 15 is 0 Å². The zero-order valence-corrected chi connectivity index (χ0v) is 11.0. The van der Waals surface area contributed by atoms with E-state index in [9.17, 15) is 4.79 Å². The smallest absolute Gasteiger partial charge is 0.260 e. The zero-order chi connectivity index (χ0) is 13.0. The third kappa shape index (κ3) is 3.55. The van der Waals surface area contributed by atoms with E-state index in [1.165, 1.54) is 30.4 Å². The number of hydrogen-bond donors (Lipinski definition) is 1. The van der Waals surface area contributed by atoms with E-state index in [-0.39, 0.29) is 12.5 Å². The SMILES string of the molecule is CN(C)NC(=O)COCc1ccc2c(c1)CCC2. The number of benzene rings is 1. The van der Waals surface area contributed by atoms with Crippen LogP contribution in [0.1, 0.15) is 23.1 Å². The topological polar surface area (TPSA) is 41.6 Å². The van der Waals surface area contributed by atoms with Gasteiger partial charge in [-0.3, -0.25) is 10.2 Å². The van der Waals surface area contributed by atoms with Gasteiger partial charge in [-0.05, 0) is 36.0 Å². The van der Waals surface area contributed by atoms with Gasteiger partial charge in [-0.15, -0.1) is 0 Å². The first-order chi connectivity index (χ1) is 8.65. The van der Waals surface area contributed by atoms with Gasteiger partial charge in [-0.1, -0.05) is 18.2 Å². The van der Waals surface area contributed by atoms with Crippen molar-refractivity contribution >= 4 is 5.91 Å². The second-order valence-corrected chi connectivity index (χ2v) is 4.88. The van der Waals surface area contributed by atoms with Gasteiger partial charge in [0.1, 0.15) is 6.61 Å². The molecule has 1 aliphatic carbocycles. The summed E-state index contributed by atoms with van der Waals surface area (Å²) >= 11 is 0. The Balaban J connectivity index is 1.78. The molecule has 0 fully saturated rings. The molecule has 0 heterocycles. The molecule has 0 bridgehead atoms. The lowest BCUT2D eigenvalue weighted by atomic mass is 10.1. The van der Waals surface area contributed by atoms with Gasteiger partial charge in [0.25, 0.3) is 5.91 Å². The van der Waals surface area contributed by atoms with Crippen molar-refractivity contribution in [3.05, 3.63) is 34.9 Å². The molecule has 0 saturated carbocycles. The number of amides is 1. The summed E-state index contributed by atoms with van der Waals surface area (Å²) in [5.41, 5.74) is 6.69. The Bertz CT molecular complexity index is 430. The molecule has 4 heteroatoms. The molecule has 0 unspecified atom stereocenters. The molecular formula is C14H20N2O2. The Morgan fingerprint density at radius 2 is 2.11 bits per heavy atom. The Morgan fingerprint density at radius 3 is 2.89 bits per heavy atom. The van der Waals surface area contributed by atoms with Crippen LogP contribution in [0, 0.1) is 0 Å². The molecule has 0 aliphatic heterocycles. The summed E-state index contributed by atoms with van der Waals surface area (Å²) in [6.07, 6.45) is 3.62. The van der Waals surface area contributed by atoms with E-state index in [1.807, 2.05) is 0 Å². The Hall–Kier alpha value is -1.39. The van der Waals surface area contributed by atoms with Gasteiger partial charge in [-0.2, -0.15) is 0 Å². The Kier molecular flexibility index (Phi) is 4.33. The van der Waals surface area contributed by atoms with Gasteiger partial charge in [0, 0.05) is 14.1 Å². The van der Waals surface area contributed by atoms with Gasteiger partial charge in [0.05, 0.1) is 6.61 Å². The summed E-state index contributed by atoms with van der Waals surface area (Å²) in [6.45, 7) is 0.587. The van der Waals surface area contributed by atoms with Gasteiger partial charge in [0.2, 0.25) is 0 Å². The second kappa shape index (κ2) is 5.98. The number of hydrazine groups is 1. The van der Waals surface area contributed by atoms with E-state index in [1.54, 1.807) is 19.1 Å². The maximum Gasteiger partial charge on any atom is 0.260 e. The normalized spacial score (nSPS) is 13.7. The molecule has 0 spiro atoms. The number of rotatable bonds is 5. The summed E-state index contributed by atoms with van der Waals surface area (Å²) in [5, 5.41) is 1.61. The number of carbonyl (C=O) groups is 1. The van der Waals surface area contributed by atoms with Crippen molar-refractivity contribution in [2.45, 2.75) is 25.9 Å². The minimum atomic E-state index is -0.124. The van der Waals surface area contributed by atoms with Crippen LogP contribution in [0.15, 0.2) is 18.2 Å². The summed E-state index contributed by atoms with van der Waals surface area (Å²) in [7, 11) is 3.55. The molecule has 1 amide bonds. The van der Waals surface area contributed by atoms with Gasteiger partial charge in [0.15, 0.2) is 0 Å². The fourth-order valence-corrected chi connectivity index (χ4v) is 2.26. The largest absolute Gasteiger partial charge is 0.367 e. The van der Waals surface area contributed by atoms with Gasteiger partial charge < -0.3 is 4.74 Å². The predicted octanol–water partition coefficient (Wildman–Crippen LogP) is 1.28. The van der Waals surface area contributed by atoms with Crippen LogP contribution in [-0.2, 0) is 29.0 Å². The fraction of sp³-hybridized carbons (Fsp3) is 0.500. The number of fused-ring (bicyclic) bond motifs is 1. The molecular weight excluding hydrogens is 228 g/mol. The first-order valence-electron chi connectivity index (χ1n) is 6.30. The lowest BCUT2D eigenvalue weighted by molar-refractivity contribution is -0.129. The van der Waals surface area contributed by atoms with Gasteiger partial charge in [-0.25, -0.2) is 5.01 Å². The standard InChI is InChI=1S/C14H20N2O2/c1-16(2)15-14(17)10-18-9-11-6-7-12-4-3-5-13(12)8-11/h6-8H,3-5,9-10H2,1-2H3,(H,15,17). The molecule has 2 rings (SSSR count). The lowest BCUT2D eigenvalue weighted by Crippen LogP contribution is -2.38. The number of hydrogen-bond acceptors (Lipinski definition) is 3. The average Bonchev–Trinajstić information content (AvgIpc) is 2.75. The highest BCUT2D eigenvalue weighted by Crippen LogP contribution is 2.22. The van der Waals surface area contributed by atoms with E-state index in [2.05, 4.69) is 23.6 Å². The first kappa shape index (κ1) is 13.1. The highest BCUT2D eigenvalue weighted by atomic mass is 16.5. The lowest BCUT2D eigenvalue weighted by Gasteiger charge is -2.12. The first-order valence-corrected chi connectivity index (χ1v) is 6.30. The number of nitrogens with one attached hydrogen (secondary N) is 1. The van der Waals surface area contributed by atoms with Crippen LogP contribution < -0.4 is 5.43 Å². The minimum absolute atomic E-state index is 0.0925. The molecule has 1 N–H and O–H groups in total. The van der Waals surface area contributed by atoms with Crippen LogP contribution in [0.2, 0.25) is 0 Å². The molecule has 0 aromatic heterocycles. The van der Waals surface area contributed by atoms with Crippen LogP contribution in [0.4, 0.5) is 0 Å². The number of nitrogens with zero attached hydrogens (tertiary/aromatic N) is 1. The molecule has 0 saturated heterocycles. The van der Waals surface area contributed by atoms with Crippen molar-refractivity contribution < 1.29 is 9.53 Å². The second-order valence-electron chi connectivity index (χ2n) is 4.88. The van der Waals surface area contributed by atoms with Crippen molar-refractivity contribution in [2.24, 2.45) is 0 Å². The predicted molar refractivity (Wildman–Crippen MR) is 70.0 cm³/mol. The maximum absolute atomic E-state index is 11.4. The third-order valence-corrected chi connectivity index (χ3v) is 3.01. The molecule has 0 atom stereocenters. The monoisotopic (exact) mass is 248 g/mol. The molecule has 1 aromatic carbocycles. The van der Waals surface area contributed by atoms with Crippen LogP contribution in [-0.4, -0.2) is 31.6 Å². The Morgan fingerprint density at radius 1 is 1.33 bits per heavy atom. The summed E-state index contributed by atoms with van der Waals surface area (Å²) < 4.78 is 5.40. The van der Waals surface area contributed by atoms with Crippen LogP contribution in [0.3, 0.4) is 0 Å². The Labute approximate surface area is 108 Å². The van der Waals surface area contributed by atoms with E-state index in [0.29, 0.717) is 6.61 Å². The summed E-state index contributed by atoms with van der Waals surface area (Å²) in [4.78, 5) is 11.4. The van der Waals surface area contributed by atoms with Crippen LogP contribution >= 0.6 is 0 Å². The minimum Gasteiger partial charge on any atom is -0.367 e. The molecule has 1 aromatic rings. The highest BCUT2D eigenvalue weighted by Gasteiger charge is 2.10. The van der Waals surface area contributed by atoms with E-state index in [4.69, 9.17) is 4.74 Å². The molecule has 4 nitrogen and oxygen atoms in total. The molecule has 18 heavy (non-hydrogen) atoms. The molecule has 98 valence electrons. The van der Waals surface area contributed by atoms with Gasteiger partial charge >= 0.3 is 0 Å². The maximum atomic E-state index is 11.4. The summed E-state index contributed by atoms with van der Waals surface area (Å²) in [6, 6.07) is 6.47. The van der Waals surface area contributed by atoms with E-state index in [0.717, 1.165) is 5.56 Å². The number of carbonyl (C=O) groups excluding carboxylic acids is 1. The zero-order valence-electron chi connectivity index (χ0n) is 11.0. The van der Waals surface area contributed by atoms with Crippen molar-refractivity contribution in [1.82, 2.24) is 10.4 Å². The van der Waals surface area contributed by atoms with Crippen LogP contribution in [0.5, 0.6) is 0 Å². The van der Waals surface area contributed by atoms with Crippen molar-refractivity contribution in [1.29, 1.82) is 0 Å². The van der Waals surface area contributed by atoms with Crippen LogP contribution in [0.25, 0.3) is 0 Å². The quantitative estimate of drug-likeness (QED) is 0.798. The highest BCUT2D eigenvalue weighted by molar-refractivity contribution is 5.76. The summed E-state index contributed by atoms with van der Waals surface area (Å²) in [5.74, 6) is -0.124. The van der Waals surface area contributed by atoms with Crippen molar-refractivity contribution in [2.75, 3.05) is 20.7 Å².